The number of rotatable bonds is 9. The normalized spacial score (nSPS) is 14.8. The van der Waals surface area contributed by atoms with Crippen LogP contribution in [0, 0.1) is 6.92 Å². The summed E-state index contributed by atoms with van der Waals surface area (Å²) < 4.78 is 0. The first kappa shape index (κ1) is 24.7. The summed E-state index contributed by atoms with van der Waals surface area (Å²) in [6, 6.07) is 27.7. The molecule has 1 atom stereocenters. The fourth-order valence-corrected chi connectivity index (χ4v) is 4.98. The van der Waals surface area contributed by atoms with E-state index >= 15 is 0 Å². The molecule has 4 heteroatoms. The highest BCUT2D eigenvalue weighted by atomic mass is 16.2. The zero-order valence-electron chi connectivity index (χ0n) is 20.7. The van der Waals surface area contributed by atoms with Crippen molar-refractivity contribution < 1.29 is 9.59 Å². The van der Waals surface area contributed by atoms with Crippen LogP contribution in [-0.4, -0.2) is 28.8 Å². The summed E-state index contributed by atoms with van der Waals surface area (Å²) in [6.45, 7) is 2.44. The third kappa shape index (κ3) is 7.29. The van der Waals surface area contributed by atoms with Gasteiger partial charge in [0.15, 0.2) is 0 Å². The van der Waals surface area contributed by atoms with Gasteiger partial charge in [0.25, 0.3) is 0 Å². The minimum absolute atomic E-state index is 0.0285. The minimum Gasteiger partial charge on any atom is -0.352 e. The van der Waals surface area contributed by atoms with Gasteiger partial charge in [-0.1, -0.05) is 110 Å². The highest BCUT2D eigenvalue weighted by Crippen LogP contribution is 2.20. The molecule has 4 nitrogen and oxygen atoms in total. The number of hydrogen-bond acceptors (Lipinski definition) is 2. The van der Waals surface area contributed by atoms with Crippen LogP contribution in [0.4, 0.5) is 0 Å². The van der Waals surface area contributed by atoms with Crippen LogP contribution in [-0.2, 0) is 29.0 Å². The van der Waals surface area contributed by atoms with Gasteiger partial charge in [-0.15, -0.1) is 0 Å². The zero-order valence-corrected chi connectivity index (χ0v) is 20.7. The standard InChI is InChI=1S/C31H36N2O2/c1-24-12-11-17-27(20-24)22-30(34)33(23-26-15-7-3-8-16-26)29(21-25-13-5-2-6-14-25)31(35)32-28-18-9-4-10-19-28/h2-3,5-8,11-17,20,28-29H,4,9-10,18-19,21-23H2,1H3,(H,32,35)/t29-/m1/s1. The molecule has 0 aliphatic heterocycles. The Morgan fingerprint density at radius 2 is 1.46 bits per heavy atom. The molecule has 1 N–H and O–H groups in total. The Kier molecular flexibility index (Phi) is 8.72. The summed E-state index contributed by atoms with van der Waals surface area (Å²) in [4.78, 5) is 29.4. The van der Waals surface area contributed by atoms with E-state index in [1.54, 1.807) is 4.90 Å². The second-order valence-electron chi connectivity index (χ2n) is 9.72. The molecule has 0 spiro atoms. The largest absolute Gasteiger partial charge is 0.352 e. The van der Waals surface area contributed by atoms with Crippen LogP contribution in [0.2, 0.25) is 0 Å². The Balaban J connectivity index is 1.63. The van der Waals surface area contributed by atoms with E-state index in [2.05, 4.69) is 5.32 Å². The predicted octanol–water partition coefficient (Wildman–Crippen LogP) is 5.63. The number of amides is 2. The lowest BCUT2D eigenvalue weighted by molar-refractivity contribution is -0.141. The van der Waals surface area contributed by atoms with Gasteiger partial charge >= 0.3 is 0 Å². The maximum atomic E-state index is 13.8. The first-order chi connectivity index (χ1) is 17.1. The van der Waals surface area contributed by atoms with Crippen molar-refractivity contribution in [2.75, 3.05) is 0 Å². The lowest BCUT2D eigenvalue weighted by atomic mass is 9.94. The quantitative estimate of drug-likeness (QED) is 0.443. The smallest absolute Gasteiger partial charge is 0.243 e. The molecule has 35 heavy (non-hydrogen) atoms. The number of carbonyl (C=O) groups excluding carboxylic acids is 2. The van der Waals surface area contributed by atoms with E-state index in [1.807, 2.05) is 91.9 Å². The van der Waals surface area contributed by atoms with Crippen molar-refractivity contribution in [3.63, 3.8) is 0 Å². The molecular weight excluding hydrogens is 432 g/mol. The van der Waals surface area contributed by atoms with E-state index in [-0.39, 0.29) is 24.3 Å². The van der Waals surface area contributed by atoms with Crippen LogP contribution in [0.5, 0.6) is 0 Å². The second-order valence-corrected chi connectivity index (χ2v) is 9.72. The van der Waals surface area contributed by atoms with E-state index in [0.29, 0.717) is 13.0 Å². The van der Waals surface area contributed by atoms with E-state index in [4.69, 9.17) is 0 Å². The predicted molar refractivity (Wildman–Crippen MR) is 141 cm³/mol. The van der Waals surface area contributed by atoms with Gasteiger partial charge in [-0.05, 0) is 36.5 Å². The maximum absolute atomic E-state index is 13.8. The fourth-order valence-electron chi connectivity index (χ4n) is 4.98. The average molecular weight is 469 g/mol. The highest BCUT2D eigenvalue weighted by molar-refractivity contribution is 5.89. The second kappa shape index (κ2) is 12.3. The van der Waals surface area contributed by atoms with Gasteiger partial charge in [-0.3, -0.25) is 9.59 Å². The number of nitrogens with zero attached hydrogens (tertiary/aromatic N) is 1. The first-order valence-electron chi connectivity index (χ1n) is 12.8. The minimum atomic E-state index is -0.572. The van der Waals surface area contributed by atoms with Crippen molar-refractivity contribution in [1.82, 2.24) is 10.2 Å². The average Bonchev–Trinajstić information content (AvgIpc) is 2.88. The molecule has 1 fully saturated rings. The van der Waals surface area contributed by atoms with Crippen LogP contribution < -0.4 is 5.32 Å². The molecule has 0 bridgehead atoms. The summed E-state index contributed by atoms with van der Waals surface area (Å²) >= 11 is 0. The number of aryl methyl sites for hydroxylation is 1. The first-order valence-corrected chi connectivity index (χ1v) is 12.8. The number of benzene rings is 3. The van der Waals surface area contributed by atoms with Crippen molar-refractivity contribution in [3.8, 4) is 0 Å². The van der Waals surface area contributed by atoms with Crippen molar-refractivity contribution in [1.29, 1.82) is 0 Å². The van der Waals surface area contributed by atoms with Gasteiger partial charge in [0.05, 0.1) is 6.42 Å². The summed E-state index contributed by atoms with van der Waals surface area (Å²) in [7, 11) is 0. The third-order valence-electron chi connectivity index (χ3n) is 6.86. The zero-order chi connectivity index (χ0) is 24.5. The summed E-state index contributed by atoms with van der Waals surface area (Å²) in [6.07, 6.45) is 6.32. The van der Waals surface area contributed by atoms with Gasteiger partial charge in [0.2, 0.25) is 11.8 Å². The molecule has 1 aliphatic carbocycles. The van der Waals surface area contributed by atoms with Crippen LogP contribution in [0.3, 0.4) is 0 Å². The third-order valence-corrected chi connectivity index (χ3v) is 6.86. The van der Waals surface area contributed by atoms with Crippen LogP contribution in [0.25, 0.3) is 0 Å². The summed E-state index contributed by atoms with van der Waals surface area (Å²) in [5.74, 6) is -0.0755. The van der Waals surface area contributed by atoms with Crippen molar-refractivity contribution >= 4 is 11.8 Å². The summed E-state index contributed by atoms with van der Waals surface area (Å²) in [5, 5.41) is 3.30. The van der Waals surface area contributed by atoms with E-state index in [0.717, 1.165) is 47.9 Å². The maximum Gasteiger partial charge on any atom is 0.243 e. The molecule has 3 aromatic rings. The molecule has 3 aromatic carbocycles. The Labute approximate surface area is 209 Å². The molecule has 0 aromatic heterocycles. The number of nitrogens with one attached hydrogen (secondary N) is 1. The van der Waals surface area contributed by atoms with Crippen molar-refractivity contribution in [3.05, 3.63) is 107 Å². The molecule has 182 valence electrons. The van der Waals surface area contributed by atoms with E-state index < -0.39 is 6.04 Å². The summed E-state index contributed by atoms with van der Waals surface area (Å²) in [5.41, 5.74) is 4.17. The lowest BCUT2D eigenvalue weighted by Gasteiger charge is -2.33. The number of hydrogen-bond donors (Lipinski definition) is 1. The van der Waals surface area contributed by atoms with Crippen LogP contribution in [0.1, 0.15) is 54.4 Å². The van der Waals surface area contributed by atoms with Gasteiger partial charge < -0.3 is 10.2 Å². The monoisotopic (exact) mass is 468 g/mol. The van der Waals surface area contributed by atoms with E-state index in [9.17, 15) is 9.59 Å². The molecule has 4 rings (SSSR count). The molecule has 1 aliphatic rings. The van der Waals surface area contributed by atoms with E-state index in [1.165, 1.54) is 6.42 Å². The van der Waals surface area contributed by atoms with Gasteiger partial charge in [-0.2, -0.15) is 0 Å². The van der Waals surface area contributed by atoms with Crippen LogP contribution >= 0.6 is 0 Å². The fraction of sp³-hybridized carbons (Fsp3) is 0.355. The highest BCUT2D eigenvalue weighted by Gasteiger charge is 2.31. The van der Waals surface area contributed by atoms with Gasteiger partial charge in [0, 0.05) is 19.0 Å². The Morgan fingerprint density at radius 3 is 2.11 bits per heavy atom. The molecular formula is C31H36N2O2. The molecule has 0 radical (unpaired) electrons. The molecule has 0 heterocycles. The Morgan fingerprint density at radius 1 is 0.829 bits per heavy atom. The molecule has 2 amide bonds. The lowest BCUT2D eigenvalue weighted by Crippen LogP contribution is -2.53. The Bertz CT molecular complexity index is 1090. The number of carbonyl (C=O) groups is 2. The van der Waals surface area contributed by atoms with Crippen LogP contribution in [0.15, 0.2) is 84.9 Å². The molecule has 0 saturated heterocycles. The SMILES string of the molecule is Cc1cccc(CC(=O)N(Cc2ccccc2)[C@H](Cc2ccccc2)C(=O)NC2CCCCC2)c1. The Hall–Kier alpha value is -3.40. The van der Waals surface area contributed by atoms with Gasteiger partial charge in [0.1, 0.15) is 6.04 Å². The molecule has 0 unspecified atom stereocenters. The molecule has 1 saturated carbocycles. The van der Waals surface area contributed by atoms with Gasteiger partial charge in [-0.25, -0.2) is 0 Å². The van der Waals surface area contributed by atoms with Crippen molar-refractivity contribution in [2.45, 2.75) is 70.5 Å². The van der Waals surface area contributed by atoms with Crippen molar-refractivity contribution in [2.24, 2.45) is 0 Å². The topological polar surface area (TPSA) is 49.4 Å².